The summed E-state index contributed by atoms with van der Waals surface area (Å²) in [6, 6.07) is 8.74. The van der Waals surface area contributed by atoms with E-state index in [1.807, 2.05) is 0 Å². The number of rotatable bonds is 5. The number of aryl methyl sites for hydroxylation is 1. The molecule has 1 amide bonds. The Morgan fingerprint density at radius 1 is 1.17 bits per heavy atom. The lowest BCUT2D eigenvalue weighted by atomic mass is 9.80. The van der Waals surface area contributed by atoms with Crippen molar-refractivity contribution in [3.8, 4) is 0 Å². The van der Waals surface area contributed by atoms with Crippen LogP contribution in [0.2, 0.25) is 0 Å². The lowest BCUT2D eigenvalue weighted by molar-refractivity contribution is -0.110. The summed E-state index contributed by atoms with van der Waals surface area (Å²) >= 11 is 0. The lowest BCUT2D eigenvalue weighted by Gasteiger charge is -2.25. The molecule has 0 saturated carbocycles. The van der Waals surface area contributed by atoms with Crippen molar-refractivity contribution in [1.29, 1.82) is 0 Å². The normalized spacial score (nSPS) is 22.6. The second-order valence-corrected chi connectivity index (χ2v) is 9.59. The first-order chi connectivity index (χ1) is 14.6. The van der Waals surface area contributed by atoms with Crippen LogP contribution in [0.3, 0.4) is 0 Å². The van der Waals surface area contributed by atoms with Crippen LogP contribution in [0, 0.1) is 5.92 Å². The van der Waals surface area contributed by atoms with Crippen molar-refractivity contribution in [2.45, 2.75) is 58.3 Å². The third kappa shape index (κ3) is 3.74. The van der Waals surface area contributed by atoms with Gasteiger partial charge in [0.15, 0.2) is 0 Å². The highest BCUT2D eigenvalue weighted by molar-refractivity contribution is 6.34. The third-order valence-corrected chi connectivity index (χ3v) is 7.18. The van der Waals surface area contributed by atoms with Gasteiger partial charge in [0.2, 0.25) is 0 Å². The Morgan fingerprint density at radius 2 is 2.00 bits per heavy atom. The van der Waals surface area contributed by atoms with Crippen LogP contribution in [0.1, 0.15) is 73.5 Å². The number of hydrogen-bond donors (Lipinski definition) is 2. The van der Waals surface area contributed by atoms with Crippen LogP contribution in [0.15, 0.2) is 24.3 Å². The molecule has 0 radical (unpaired) electrons. The number of carbonyl (C=O) groups is 1. The zero-order chi connectivity index (χ0) is 20.7. The number of nitrogens with zero attached hydrogens (tertiary/aromatic N) is 1. The second-order valence-electron chi connectivity index (χ2n) is 9.59. The molecule has 2 N–H and O–H groups in total. The fourth-order valence-corrected chi connectivity index (χ4v) is 5.48. The van der Waals surface area contributed by atoms with Crippen LogP contribution in [0.4, 0.5) is 5.69 Å². The Balaban J connectivity index is 1.41. The highest BCUT2D eigenvalue weighted by Crippen LogP contribution is 2.39. The van der Waals surface area contributed by atoms with Crippen LogP contribution in [0.5, 0.6) is 0 Å². The van der Waals surface area contributed by atoms with Gasteiger partial charge in [0.1, 0.15) is 0 Å². The molecule has 5 rings (SSSR count). The largest absolute Gasteiger partial charge is 0.359 e. The van der Waals surface area contributed by atoms with E-state index in [0.29, 0.717) is 11.8 Å². The van der Waals surface area contributed by atoms with Gasteiger partial charge in [-0.2, -0.15) is 0 Å². The first kappa shape index (κ1) is 19.6. The number of nitrogens with one attached hydrogen (secondary N) is 2. The summed E-state index contributed by atoms with van der Waals surface area (Å²) in [5, 5.41) is 3.05. The Labute approximate surface area is 179 Å². The minimum Gasteiger partial charge on any atom is -0.359 e. The minimum atomic E-state index is 0.00896. The summed E-state index contributed by atoms with van der Waals surface area (Å²) < 4.78 is 0. The first-order valence-corrected chi connectivity index (χ1v) is 11.7. The molecule has 2 aliphatic heterocycles. The Bertz CT molecular complexity index is 978. The number of hydrogen-bond acceptors (Lipinski definition) is 2. The van der Waals surface area contributed by atoms with E-state index in [1.54, 1.807) is 0 Å². The number of amides is 1. The topological polar surface area (TPSA) is 48.1 Å². The summed E-state index contributed by atoms with van der Waals surface area (Å²) in [7, 11) is 0. The quantitative estimate of drug-likeness (QED) is 0.672. The lowest BCUT2D eigenvalue weighted by Crippen LogP contribution is -2.21. The maximum absolute atomic E-state index is 12.7. The van der Waals surface area contributed by atoms with Gasteiger partial charge in [0, 0.05) is 29.2 Å². The second kappa shape index (κ2) is 8.07. The number of aromatic nitrogens is 1. The molecule has 3 heterocycles. The molecule has 158 valence electrons. The van der Waals surface area contributed by atoms with Gasteiger partial charge >= 0.3 is 0 Å². The Hall–Kier alpha value is -2.33. The van der Waals surface area contributed by atoms with Gasteiger partial charge in [0.05, 0.1) is 5.57 Å². The fourth-order valence-electron chi connectivity index (χ4n) is 5.48. The summed E-state index contributed by atoms with van der Waals surface area (Å²) in [5.41, 5.74) is 7.97. The van der Waals surface area contributed by atoms with Gasteiger partial charge in [-0.1, -0.05) is 19.9 Å². The van der Waals surface area contributed by atoms with Crippen LogP contribution in [-0.2, 0) is 17.6 Å². The number of fused-ring (bicyclic) bond motifs is 2. The molecule has 1 fully saturated rings. The van der Waals surface area contributed by atoms with Crippen molar-refractivity contribution in [2.24, 2.45) is 5.92 Å². The zero-order valence-corrected chi connectivity index (χ0v) is 18.3. The van der Waals surface area contributed by atoms with Crippen LogP contribution in [0.25, 0.3) is 11.6 Å². The van der Waals surface area contributed by atoms with E-state index < -0.39 is 0 Å². The van der Waals surface area contributed by atoms with Crippen LogP contribution in [-0.4, -0.2) is 35.4 Å². The van der Waals surface area contributed by atoms with E-state index >= 15 is 0 Å². The van der Waals surface area contributed by atoms with Gasteiger partial charge in [-0.25, -0.2) is 0 Å². The molecule has 1 saturated heterocycles. The molecule has 3 aliphatic rings. The monoisotopic (exact) mass is 403 g/mol. The first-order valence-electron chi connectivity index (χ1n) is 11.7. The number of anilines is 1. The molecule has 2 aromatic rings. The van der Waals surface area contributed by atoms with Gasteiger partial charge in [-0.05, 0) is 98.9 Å². The molecular formula is C26H33N3O. The smallest absolute Gasteiger partial charge is 0.256 e. The van der Waals surface area contributed by atoms with E-state index in [0.717, 1.165) is 41.9 Å². The molecule has 0 bridgehead atoms. The van der Waals surface area contributed by atoms with Crippen molar-refractivity contribution < 1.29 is 4.79 Å². The highest BCUT2D eigenvalue weighted by Gasteiger charge is 2.27. The zero-order valence-electron chi connectivity index (χ0n) is 18.3. The molecule has 30 heavy (non-hydrogen) atoms. The fraction of sp³-hybridized carbons (Fsp3) is 0.500. The predicted molar refractivity (Wildman–Crippen MR) is 124 cm³/mol. The van der Waals surface area contributed by atoms with Crippen molar-refractivity contribution in [2.75, 3.05) is 25.0 Å². The van der Waals surface area contributed by atoms with Crippen molar-refractivity contribution in [3.63, 3.8) is 0 Å². The molecule has 1 aliphatic carbocycles. The Morgan fingerprint density at radius 3 is 2.80 bits per heavy atom. The predicted octanol–water partition coefficient (Wildman–Crippen LogP) is 5.22. The average Bonchev–Trinajstić information content (AvgIpc) is 3.45. The molecule has 1 aromatic carbocycles. The highest BCUT2D eigenvalue weighted by atomic mass is 16.2. The average molecular weight is 404 g/mol. The summed E-state index contributed by atoms with van der Waals surface area (Å²) in [6.45, 7) is 8.19. The van der Waals surface area contributed by atoms with Crippen LogP contribution < -0.4 is 5.32 Å². The maximum atomic E-state index is 12.7. The van der Waals surface area contributed by atoms with E-state index in [2.05, 4.69) is 59.4 Å². The molecule has 4 heteroatoms. The number of carbonyl (C=O) groups excluding carboxylic acids is 1. The van der Waals surface area contributed by atoms with Crippen LogP contribution >= 0.6 is 0 Å². The van der Waals surface area contributed by atoms with Gasteiger partial charge in [-0.15, -0.1) is 0 Å². The molecule has 1 unspecified atom stereocenters. The van der Waals surface area contributed by atoms with E-state index in [-0.39, 0.29) is 5.91 Å². The summed E-state index contributed by atoms with van der Waals surface area (Å²) in [4.78, 5) is 18.9. The third-order valence-electron chi connectivity index (χ3n) is 7.18. The van der Waals surface area contributed by atoms with Gasteiger partial charge in [-0.3, -0.25) is 4.79 Å². The Kier molecular flexibility index (Phi) is 5.28. The summed E-state index contributed by atoms with van der Waals surface area (Å²) in [5.74, 6) is 1.28. The standard InChI is InChI=1S/C26H33N3O/c1-17(2)20-6-5-7-24-22(20)15-19(27-24)16-23-21-14-18(8-9-25(21)28-26(23)30)10-13-29-11-3-4-12-29/h8-9,14-17,20,27H,3-7,10-13H2,1-2H3,(H,28,30). The molecule has 0 spiro atoms. The van der Waals surface area contributed by atoms with Gasteiger partial charge in [0.25, 0.3) is 5.91 Å². The minimum absolute atomic E-state index is 0.00896. The molecule has 1 atom stereocenters. The van der Waals surface area contributed by atoms with E-state index in [4.69, 9.17) is 0 Å². The summed E-state index contributed by atoms with van der Waals surface area (Å²) in [6.07, 6.45) is 9.38. The van der Waals surface area contributed by atoms with E-state index in [9.17, 15) is 4.79 Å². The number of aromatic amines is 1. The van der Waals surface area contributed by atoms with E-state index in [1.165, 1.54) is 55.6 Å². The molecule has 1 aromatic heterocycles. The SMILES string of the molecule is CC(C)C1CCCc2[nH]c(C=C3C(=O)Nc4ccc(CCN5CCCC5)cc43)cc21. The van der Waals surface area contributed by atoms with Crippen molar-refractivity contribution >= 4 is 23.2 Å². The molecular weight excluding hydrogens is 370 g/mol. The van der Waals surface area contributed by atoms with Crippen molar-refractivity contribution in [3.05, 3.63) is 52.3 Å². The van der Waals surface area contributed by atoms with Crippen molar-refractivity contribution in [1.82, 2.24) is 9.88 Å². The number of benzene rings is 1. The maximum Gasteiger partial charge on any atom is 0.256 e. The number of likely N-dealkylation sites (tertiary alicyclic amines) is 1. The van der Waals surface area contributed by atoms with Gasteiger partial charge < -0.3 is 15.2 Å². The molecule has 4 nitrogen and oxygen atoms in total. The number of H-pyrrole nitrogens is 1.